The van der Waals surface area contributed by atoms with Crippen molar-refractivity contribution in [1.82, 2.24) is 37.8 Å². The molecular formula is C58H43N9O8. The Hall–Kier alpha value is -9.26. The number of aliphatic hydroxyl groups is 1. The maximum atomic E-state index is 15.0. The summed E-state index contributed by atoms with van der Waals surface area (Å²) in [5, 5.41) is 10.5. The van der Waals surface area contributed by atoms with E-state index >= 15 is 9.59 Å². The number of hydrogen-bond acceptors (Lipinski definition) is 12. The topological polar surface area (TPSA) is 192 Å². The second-order valence-corrected chi connectivity index (χ2v) is 18.4. The summed E-state index contributed by atoms with van der Waals surface area (Å²) in [5.41, 5.74) is 6.79. The summed E-state index contributed by atoms with van der Waals surface area (Å²) in [5.74, 6) is 1.08. The van der Waals surface area contributed by atoms with Gasteiger partial charge in [-0.05, 0) is 102 Å². The average Bonchev–Trinajstić information content (AvgIpc) is 4.28. The number of imidazole rings is 3. The highest BCUT2D eigenvalue weighted by Crippen LogP contribution is 2.41. The van der Waals surface area contributed by atoms with E-state index in [0.717, 1.165) is 48.2 Å². The van der Waals surface area contributed by atoms with Crippen LogP contribution < -0.4 is 22.2 Å². The molecule has 0 saturated heterocycles. The molecule has 0 spiro atoms. The summed E-state index contributed by atoms with van der Waals surface area (Å²) in [6.07, 6.45) is 0. The molecule has 13 rings (SSSR count). The third-order valence-corrected chi connectivity index (χ3v) is 14.0. The first-order valence-electron chi connectivity index (χ1n) is 24.1. The second-order valence-electron chi connectivity index (χ2n) is 18.4. The molecule has 17 nitrogen and oxygen atoms in total. The number of methoxy groups -OCH3 is 3. The van der Waals surface area contributed by atoms with Crippen LogP contribution in [0.25, 0.3) is 83.1 Å². The summed E-state index contributed by atoms with van der Waals surface area (Å²) in [4.78, 5) is 79.3. The smallest absolute Gasteiger partial charge is 0.266 e. The molecule has 1 aliphatic heterocycles. The molecule has 368 valence electrons. The van der Waals surface area contributed by atoms with Crippen molar-refractivity contribution in [2.75, 3.05) is 27.9 Å². The Bertz CT molecular complexity index is 4510. The number of rotatable bonds is 13. The van der Waals surface area contributed by atoms with Crippen LogP contribution in [0.5, 0.6) is 0 Å². The van der Waals surface area contributed by atoms with Gasteiger partial charge in [-0.25, -0.2) is 24.1 Å². The minimum Gasteiger partial charge on any atom is -0.388 e. The lowest BCUT2D eigenvalue weighted by Gasteiger charge is -2.19. The zero-order valence-corrected chi connectivity index (χ0v) is 40.6. The predicted octanol–water partition coefficient (Wildman–Crippen LogP) is 7.56. The molecule has 1 aliphatic rings. The van der Waals surface area contributed by atoms with Crippen LogP contribution in [0.1, 0.15) is 34.5 Å². The van der Waals surface area contributed by atoms with Gasteiger partial charge >= 0.3 is 0 Å². The number of ether oxygens (including phenoxy) is 3. The SMILES string of the molecule is COCC1=Nc2ccccc2C1c1cc(-n2c(=O)c3cc4c(=O)n(-c5cc(-n6c(CO)nc7ccccc76)cc(-n6c(COC)nc7ccccc76)c5)c(=O)c4cc3c2=O)cc(-n2c(COC)nc3ccccc32)c1. The van der Waals surface area contributed by atoms with Crippen molar-refractivity contribution < 1.29 is 19.3 Å². The van der Waals surface area contributed by atoms with Gasteiger partial charge in [0, 0.05) is 27.0 Å². The Balaban J connectivity index is 1.02. The van der Waals surface area contributed by atoms with E-state index in [4.69, 9.17) is 29.2 Å². The quantitative estimate of drug-likeness (QED) is 0.120. The van der Waals surface area contributed by atoms with Gasteiger partial charge in [-0.1, -0.05) is 54.6 Å². The molecule has 1 N–H and O–H groups in total. The van der Waals surface area contributed by atoms with Crippen LogP contribution in [0.4, 0.5) is 5.69 Å². The monoisotopic (exact) mass is 993 g/mol. The van der Waals surface area contributed by atoms with Crippen LogP contribution in [-0.2, 0) is 34.0 Å². The van der Waals surface area contributed by atoms with Gasteiger partial charge in [0.15, 0.2) is 0 Å². The van der Waals surface area contributed by atoms with E-state index in [-0.39, 0.29) is 52.7 Å². The largest absolute Gasteiger partial charge is 0.388 e. The Kier molecular flexibility index (Phi) is 10.8. The fourth-order valence-electron chi connectivity index (χ4n) is 11.0. The minimum atomic E-state index is -0.697. The molecule has 7 aromatic carbocycles. The molecule has 75 heavy (non-hydrogen) atoms. The number of aliphatic hydroxyl groups excluding tert-OH is 1. The van der Waals surface area contributed by atoms with Crippen molar-refractivity contribution in [2.45, 2.75) is 25.7 Å². The molecule has 17 heteroatoms. The second kappa shape index (κ2) is 17.7. The van der Waals surface area contributed by atoms with E-state index in [1.807, 2.05) is 124 Å². The molecule has 0 bridgehead atoms. The first-order valence-corrected chi connectivity index (χ1v) is 24.1. The highest BCUT2D eigenvalue weighted by atomic mass is 16.5. The number of aliphatic imine (C=N–C) groups is 1. The highest BCUT2D eigenvalue weighted by Gasteiger charge is 2.31. The van der Waals surface area contributed by atoms with E-state index in [1.54, 1.807) is 44.1 Å². The van der Waals surface area contributed by atoms with Crippen LogP contribution in [0.3, 0.4) is 0 Å². The number of para-hydroxylation sites is 7. The first-order chi connectivity index (χ1) is 36.7. The standard InChI is InChI=1S/C58H43N9O8/c1-73-29-47-54(38-12-4-5-13-43(38)59-47)32-20-33(64-49-18-10-7-15-45(49)61-52(64)30-74-2)22-34(21-32)66-55(69)39-26-41-42(27-40(39)56(66)70)58(72)67(57(41)71)37-24-35(63-48-17-9-6-14-44(48)60-51(63)28-68)23-36(25-37)65-50-19-11-8-16-46(50)62-53(65)31-75-3/h4-27,54,68H,28-31H2,1-3H3. The van der Waals surface area contributed by atoms with Gasteiger partial charge in [0.2, 0.25) is 0 Å². The van der Waals surface area contributed by atoms with Crippen LogP contribution in [-0.4, -0.2) is 76.5 Å². The summed E-state index contributed by atoms with van der Waals surface area (Å²) in [7, 11) is 4.77. The molecule has 0 fully saturated rings. The molecule has 6 heterocycles. The van der Waals surface area contributed by atoms with Crippen molar-refractivity contribution in [3.63, 3.8) is 0 Å². The van der Waals surface area contributed by atoms with Crippen molar-refractivity contribution in [3.8, 4) is 28.4 Å². The van der Waals surface area contributed by atoms with Crippen molar-refractivity contribution in [2.24, 2.45) is 4.99 Å². The van der Waals surface area contributed by atoms with E-state index in [9.17, 15) is 14.7 Å². The molecule has 0 amide bonds. The lowest BCUT2D eigenvalue weighted by Crippen LogP contribution is -2.25. The van der Waals surface area contributed by atoms with Crippen LogP contribution in [0, 0.1) is 0 Å². The fourth-order valence-corrected chi connectivity index (χ4v) is 11.0. The Morgan fingerprint density at radius 2 is 0.813 bits per heavy atom. The fraction of sp³-hybridized carbons (Fsp3) is 0.138. The summed E-state index contributed by atoms with van der Waals surface area (Å²) in [6.45, 7) is 0.123. The number of fused-ring (bicyclic) bond motifs is 6. The van der Waals surface area contributed by atoms with Crippen LogP contribution in [0.15, 0.2) is 170 Å². The van der Waals surface area contributed by atoms with Crippen LogP contribution >= 0.6 is 0 Å². The average molecular weight is 994 g/mol. The molecular weight excluding hydrogens is 951 g/mol. The third-order valence-electron chi connectivity index (χ3n) is 14.0. The van der Waals surface area contributed by atoms with E-state index < -0.39 is 34.8 Å². The predicted molar refractivity (Wildman–Crippen MR) is 286 cm³/mol. The van der Waals surface area contributed by atoms with Gasteiger partial charge in [0.25, 0.3) is 22.2 Å². The van der Waals surface area contributed by atoms with Gasteiger partial charge in [-0.2, -0.15) is 0 Å². The number of nitrogens with zero attached hydrogens (tertiary/aromatic N) is 9. The molecule has 0 aliphatic carbocycles. The van der Waals surface area contributed by atoms with Gasteiger partial charge in [0.1, 0.15) is 37.3 Å². The van der Waals surface area contributed by atoms with E-state index in [1.165, 1.54) is 12.1 Å². The van der Waals surface area contributed by atoms with E-state index in [2.05, 4.69) is 4.98 Å². The highest BCUT2D eigenvalue weighted by molar-refractivity contribution is 6.02. The summed E-state index contributed by atoms with van der Waals surface area (Å²) < 4.78 is 24.6. The molecule has 12 aromatic rings. The maximum Gasteiger partial charge on any atom is 0.266 e. The maximum absolute atomic E-state index is 15.0. The van der Waals surface area contributed by atoms with Gasteiger partial charge in [0.05, 0.1) is 101 Å². The third kappa shape index (κ3) is 7.08. The van der Waals surface area contributed by atoms with Crippen molar-refractivity contribution in [3.05, 3.63) is 216 Å². The van der Waals surface area contributed by atoms with Crippen LogP contribution in [0.2, 0.25) is 0 Å². The molecule has 1 unspecified atom stereocenters. The first kappa shape index (κ1) is 45.6. The molecule has 5 aromatic heterocycles. The Labute approximate surface area is 424 Å². The molecule has 0 radical (unpaired) electrons. The Morgan fingerprint density at radius 3 is 1.27 bits per heavy atom. The van der Waals surface area contributed by atoms with Crippen molar-refractivity contribution >= 4 is 66.0 Å². The summed E-state index contributed by atoms with van der Waals surface area (Å²) >= 11 is 0. The van der Waals surface area contributed by atoms with Gasteiger partial charge in [-0.3, -0.25) is 37.9 Å². The number of hydrogen-bond donors (Lipinski definition) is 1. The number of aromatic nitrogens is 8. The van der Waals surface area contributed by atoms with E-state index in [0.29, 0.717) is 51.1 Å². The zero-order chi connectivity index (χ0) is 51.2. The zero-order valence-electron chi connectivity index (χ0n) is 40.6. The normalized spacial score (nSPS) is 13.6. The molecule has 1 atom stereocenters. The lowest BCUT2D eigenvalue weighted by atomic mass is 9.88. The Morgan fingerprint density at radius 1 is 0.440 bits per heavy atom. The summed E-state index contributed by atoms with van der Waals surface area (Å²) in [6, 6.07) is 44.0. The van der Waals surface area contributed by atoms with Gasteiger partial charge < -0.3 is 19.3 Å². The molecule has 0 saturated carbocycles. The minimum absolute atomic E-state index is 0.0318. The van der Waals surface area contributed by atoms with Gasteiger partial charge in [-0.15, -0.1) is 0 Å². The van der Waals surface area contributed by atoms with Crippen molar-refractivity contribution in [1.29, 1.82) is 0 Å². The number of benzene rings is 7. The lowest BCUT2D eigenvalue weighted by molar-refractivity contribution is 0.177.